The van der Waals surface area contributed by atoms with Crippen LogP contribution in [0.2, 0.25) is 0 Å². The van der Waals surface area contributed by atoms with E-state index in [2.05, 4.69) is 0 Å². The molecule has 0 saturated heterocycles. The van der Waals surface area contributed by atoms with Crippen molar-refractivity contribution in [2.45, 2.75) is 16.8 Å². The van der Waals surface area contributed by atoms with Crippen molar-refractivity contribution in [3.05, 3.63) is 58.7 Å². The van der Waals surface area contributed by atoms with Gasteiger partial charge in [0.05, 0.1) is 27.7 Å². The smallest absolute Gasteiger partial charge is 0.258 e. The maximum atomic E-state index is 10.9. The Bertz CT molecular complexity index is 633. The Morgan fingerprint density at radius 2 is 1.48 bits per heavy atom. The maximum absolute atomic E-state index is 10.9. The third-order valence-corrected chi connectivity index (χ3v) is 3.58. The van der Waals surface area contributed by atoms with Crippen molar-refractivity contribution in [3.63, 3.8) is 0 Å². The normalized spacial score (nSPS) is 10.9. The lowest BCUT2D eigenvalue weighted by Gasteiger charge is -2.11. The molecule has 0 N–H and O–H groups in total. The number of thioether (sulfide) groups is 1. The molecule has 0 aliphatic heterocycles. The van der Waals surface area contributed by atoms with Crippen LogP contribution < -0.4 is 0 Å². The molecule has 0 saturated carbocycles. The summed E-state index contributed by atoms with van der Waals surface area (Å²) in [5.41, 5.74) is -1.42. The van der Waals surface area contributed by atoms with Gasteiger partial charge in [-0.1, -0.05) is 0 Å². The minimum Gasteiger partial charge on any atom is -0.258 e. The molecular formula is C8H6N4O8S. The van der Waals surface area contributed by atoms with Crippen LogP contribution in [0.5, 0.6) is 0 Å². The van der Waals surface area contributed by atoms with Crippen molar-refractivity contribution in [1.82, 2.24) is 0 Å². The van der Waals surface area contributed by atoms with Crippen molar-refractivity contribution in [1.29, 1.82) is 0 Å². The molecule has 0 heterocycles. The fraction of sp³-hybridized carbons (Fsp3) is 0.250. The first-order chi connectivity index (χ1) is 9.59. The first-order valence-corrected chi connectivity index (χ1v) is 5.82. The molecule has 0 atom stereocenters. The maximum Gasteiger partial charge on any atom is 0.507 e. The highest BCUT2D eigenvalue weighted by Gasteiger charge is 2.53. The number of hydrogen-bond donors (Lipinski definition) is 0. The summed E-state index contributed by atoms with van der Waals surface area (Å²) in [7, 11) is 0. The average molecular weight is 318 g/mol. The Kier molecular flexibility index (Phi) is 4.37. The van der Waals surface area contributed by atoms with Crippen molar-refractivity contribution in [2.24, 2.45) is 0 Å². The molecule has 0 spiro atoms. The molecule has 0 aromatic heterocycles. The first-order valence-electron chi connectivity index (χ1n) is 5.00. The third kappa shape index (κ3) is 3.19. The Morgan fingerprint density at radius 1 is 0.952 bits per heavy atom. The number of nitro groups is 4. The molecule has 0 radical (unpaired) electrons. The monoisotopic (exact) mass is 318 g/mol. The van der Waals surface area contributed by atoms with Crippen molar-refractivity contribution >= 4 is 23.1 Å². The van der Waals surface area contributed by atoms with Gasteiger partial charge in [-0.3, -0.25) is 40.5 Å². The van der Waals surface area contributed by atoms with Crippen molar-refractivity contribution < 1.29 is 19.7 Å². The fourth-order valence-electron chi connectivity index (χ4n) is 1.20. The number of nitro benzene ring substituents is 2. The van der Waals surface area contributed by atoms with E-state index < -0.39 is 41.0 Å². The molecule has 0 aliphatic carbocycles. The summed E-state index contributed by atoms with van der Waals surface area (Å²) in [5, 5.41) is 43.0. The van der Waals surface area contributed by atoms with Crippen LogP contribution >= 0.6 is 11.8 Å². The minimum absolute atomic E-state index is 0.0202. The summed E-state index contributed by atoms with van der Waals surface area (Å²) in [4.78, 5) is 35.5. The van der Waals surface area contributed by atoms with Crippen LogP contribution in [-0.4, -0.2) is 24.7 Å². The second-order valence-electron chi connectivity index (χ2n) is 3.72. The van der Waals surface area contributed by atoms with E-state index in [-0.39, 0.29) is 11.8 Å². The van der Waals surface area contributed by atoms with Gasteiger partial charge in [-0.25, -0.2) is 0 Å². The summed E-state index contributed by atoms with van der Waals surface area (Å²) in [6.45, 7) is 0.669. The van der Waals surface area contributed by atoms with E-state index >= 15 is 0 Å². The Balaban J connectivity index is 3.37. The number of rotatable bonds is 6. The highest BCUT2D eigenvalue weighted by atomic mass is 32.2. The van der Waals surface area contributed by atoms with E-state index in [1.165, 1.54) is 0 Å². The number of benzene rings is 1. The molecule has 1 aromatic carbocycles. The van der Waals surface area contributed by atoms with Crippen LogP contribution in [0.25, 0.3) is 0 Å². The van der Waals surface area contributed by atoms with Crippen LogP contribution in [0.15, 0.2) is 23.1 Å². The molecule has 21 heavy (non-hydrogen) atoms. The van der Waals surface area contributed by atoms with Crippen LogP contribution in [0.3, 0.4) is 0 Å². The Morgan fingerprint density at radius 3 is 1.86 bits per heavy atom. The van der Waals surface area contributed by atoms with Gasteiger partial charge in [0.25, 0.3) is 11.4 Å². The predicted octanol–water partition coefficient (Wildman–Crippen LogP) is 1.82. The molecule has 1 aromatic rings. The van der Waals surface area contributed by atoms with Crippen molar-refractivity contribution in [2.75, 3.05) is 0 Å². The van der Waals surface area contributed by atoms with Gasteiger partial charge < -0.3 is 0 Å². The lowest BCUT2D eigenvalue weighted by atomic mass is 10.3. The van der Waals surface area contributed by atoms with Gasteiger partial charge in [-0.05, 0) is 6.07 Å². The molecule has 12 nitrogen and oxygen atoms in total. The Hall–Kier alpha value is -2.83. The van der Waals surface area contributed by atoms with Crippen LogP contribution in [0, 0.1) is 40.5 Å². The van der Waals surface area contributed by atoms with Gasteiger partial charge in [0, 0.05) is 17.8 Å². The summed E-state index contributed by atoms with van der Waals surface area (Å²) >= 11 is 0.0202. The SMILES string of the molecule is CC(Sc1ccc([N+](=O)[O-])cc1[N+](=O)[O-])([N+](=O)[O-])[N+](=O)[O-]. The number of nitrogens with zero attached hydrogens (tertiary/aromatic N) is 4. The van der Waals surface area contributed by atoms with E-state index in [1.54, 1.807) is 0 Å². The van der Waals surface area contributed by atoms with Crippen LogP contribution in [0.1, 0.15) is 6.92 Å². The molecule has 0 aliphatic rings. The molecule has 1 rings (SSSR count). The quantitative estimate of drug-likeness (QED) is 0.328. The summed E-state index contributed by atoms with van der Waals surface area (Å²) in [6, 6.07) is 2.32. The lowest BCUT2D eigenvalue weighted by molar-refractivity contribution is -0.757. The topological polar surface area (TPSA) is 173 Å². The second-order valence-corrected chi connectivity index (χ2v) is 5.13. The zero-order chi connectivity index (χ0) is 16.4. The molecule has 0 fully saturated rings. The summed E-state index contributed by atoms with van der Waals surface area (Å²) in [5.74, 6) is 0. The fourth-order valence-corrected chi connectivity index (χ4v) is 2.14. The highest BCUT2D eigenvalue weighted by Crippen LogP contribution is 2.40. The lowest BCUT2D eigenvalue weighted by Crippen LogP contribution is -2.39. The minimum atomic E-state index is -2.75. The molecule has 0 bridgehead atoms. The predicted molar refractivity (Wildman–Crippen MR) is 68.0 cm³/mol. The largest absolute Gasteiger partial charge is 0.507 e. The van der Waals surface area contributed by atoms with Gasteiger partial charge in [0.2, 0.25) is 0 Å². The van der Waals surface area contributed by atoms with Crippen molar-refractivity contribution in [3.8, 4) is 0 Å². The Labute approximate surface area is 119 Å². The van der Waals surface area contributed by atoms with E-state index in [9.17, 15) is 40.5 Å². The average Bonchev–Trinajstić information content (AvgIpc) is 2.37. The van der Waals surface area contributed by atoms with E-state index in [1.807, 2.05) is 0 Å². The van der Waals surface area contributed by atoms with Crippen LogP contribution in [-0.2, 0) is 0 Å². The van der Waals surface area contributed by atoms with E-state index in [0.29, 0.717) is 13.0 Å². The van der Waals surface area contributed by atoms with Crippen LogP contribution in [0.4, 0.5) is 11.4 Å². The van der Waals surface area contributed by atoms with E-state index in [0.717, 1.165) is 12.1 Å². The molecular weight excluding hydrogens is 312 g/mol. The second kappa shape index (κ2) is 5.66. The number of non-ortho nitro benzene ring substituents is 1. The standard InChI is InChI=1S/C8H6N4O8S/c1-8(11(17)18,12(19)20)21-7-3-2-5(9(13)14)4-6(7)10(15)16/h2-4H,1H3. The molecule has 112 valence electrons. The van der Waals surface area contributed by atoms with Gasteiger partial charge >= 0.3 is 4.99 Å². The zero-order valence-corrected chi connectivity index (χ0v) is 11.0. The first kappa shape index (κ1) is 16.2. The molecule has 0 amide bonds. The molecule has 13 heteroatoms. The summed E-state index contributed by atoms with van der Waals surface area (Å²) < 4.78 is 0. The highest BCUT2D eigenvalue weighted by molar-refractivity contribution is 8.00. The van der Waals surface area contributed by atoms with Gasteiger partial charge in [-0.2, -0.15) is 0 Å². The van der Waals surface area contributed by atoms with Gasteiger partial charge in [0.15, 0.2) is 0 Å². The van der Waals surface area contributed by atoms with E-state index in [4.69, 9.17) is 0 Å². The number of hydrogen-bond acceptors (Lipinski definition) is 9. The van der Waals surface area contributed by atoms with Gasteiger partial charge in [-0.15, -0.1) is 0 Å². The third-order valence-electron chi connectivity index (χ3n) is 2.33. The zero-order valence-electron chi connectivity index (χ0n) is 10.2. The molecule has 0 unspecified atom stereocenters. The summed E-state index contributed by atoms with van der Waals surface area (Å²) in [6.07, 6.45) is 0. The van der Waals surface area contributed by atoms with Gasteiger partial charge in [0.1, 0.15) is 9.85 Å².